The number of sulfone groups is 1. The Morgan fingerprint density at radius 3 is 2.62 bits per heavy atom. The maximum atomic E-state index is 12.3. The Hall–Kier alpha value is 0.220. The minimum Gasteiger partial charge on any atom is -0.330 e. The van der Waals surface area contributed by atoms with E-state index in [1.165, 1.54) is 32.1 Å². The van der Waals surface area contributed by atoms with E-state index in [1.807, 2.05) is 0 Å². The molecule has 0 spiro atoms. The first-order valence-electron chi connectivity index (χ1n) is 8.26. The van der Waals surface area contributed by atoms with Crippen LogP contribution in [0, 0.1) is 5.41 Å². The van der Waals surface area contributed by atoms with Gasteiger partial charge in [-0.05, 0) is 31.2 Å². The Balaban J connectivity index is 1.99. The lowest BCUT2D eigenvalue weighted by molar-refractivity contribution is 0.145. The first-order chi connectivity index (χ1) is 10.0. The SMILES string of the molecule is CCS(=O)(=O)C1CSCCN1CCC1(CN)CCCCC1. The summed E-state index contributed by atoms with van der Waals surface area (Å²) >= 11 is 1.77. The maximum absolute atomic E-state index is 12.3. The van der Waals surface area contributed by atoms with E-state index in [1.54, 1.807) is 18.7 Å². The van der Waals surface area contributed by atoms with Crippen molar-refractivity contribution in [3.8, 4) is 0 Å². The van der Waals surface area contributed by atoms with E-state index in [9.17, 15) is 8.42 Å². The second-order valence-corrected chi connectivity index (χ2v) is 10.1. The molecule has 0 aromatic carbocycles. The van der Waals surface area contributed by atoms with E-state index in [0.29, 0.717) is 0 Å². The molecule has 0 aromatic heterocycles. The van der Waals surface area contributed by atoms with Crippen LogP contribution in [-0.4, -0.2) is 55.6 Å². The number of nitrogens with zero attached hydrogens (tertiary/aromatic N) is 1. The zero-order valence-electron chi connectivity index (χ0n) is 13.2. The third-order valence-corrected chi connectivity index (χ3v) is 8.62. The molecule has 2 rings (SSSR count). The van der Waals surface area contributed by atoms with Gasteiger partial charge in [-0.3, -0.25) is 4.90 Å². The van der Waals surface area contributed by atoms with Crippen LogP contribution in [0.1, 0.15) is 45.4 Å². The number of hydrogen-bond acceptors (Lipinski definition) is 5. The predicted octanol–water partition coefficient (Wildman–Crippen LogP) is 2.10. The van der Waals surface area contributed by atoms with E-state index in [0.717, 1.165) is 37.6 Å². The molecule has 2 aliphatic rings. The van der Waals surface area contributed by atoms with Crippen molar-refractivity contribution in [2.24, 2.45) is 11.1 Å². The van der Waals surface area contributed by atoms with Crippen molar-refractivity contribution >= 4 is 21.6 Å². The molecule has 1 aliphatic carbocycles. The van der Waals surface area contributed by atoms with Crippen LogP contribution in [0.15, 0.2) is 0 Å². The van der Waals surface area contributed by atoms with E-state index in [-0.39, 0.29) is 16.5 Å². The van der Waals surface area contributed by atoms with E-state index >= 15 is 0 Å². The van der Waals surface area contributed by atoms with Gasteiger partial charge in [-0.2, -0.15) is 11.8 Å². The van der Waals surface area contributed by atoms with Gasteiger partial charge in [0.1, 0.15) is 5.37 Å². The minimum absolute atomic E-state index is 0.247. The van der Waals surface area contributed by atoms with E-state index in [2.05, 4.69) is 4.90 Å². The standard InChI is InChI=1S/C15H30N2O2S2/c1-2-21(18,19)14-12-20-11-10-17(14)9-8-15(13-16)6-4-3-5-7-15/h14H,2-13,16H2,1H3. The molecule has 6 heteroatoms. The molecule has 1 saturated heterocycles. The van der Waals surface area contributed by atoms with Gasteiger partial charge in [0.15, 0.2) is 9.84 Å². The molecular formula is C15H30N2O2S2. The third kappa shape index (κ3) is 4.36. The Labute approximate surface area is 134 Å². The Kier molecular flexibility index (Phi) is 6.41. The van der Waals surface area contributed by atoms with E-state index in [4.69, 9.17) is 5.73 Å². The highest BCUT2D eigenvalue weighted by molar-refractivity contribution is 8.01. The second kappa shape index (κ2) is 7.66. The lowest BCUT2D eigenvalue weighted by atomic mass is 9.72. The van der Waals surface area contributed by atoms with Gasteiger partial charge in [0.05, 0.1) is 0 Å². The first-order valence-corrected chi connectivity index (χ1v) is 11.1. The molecule has 2 fully saturated rings. The van der Waals surface area contributed by atoms with Crippen LogP contribution in [0.25, 0.3) is 0 Å². The van der Waals surface area contributed by atoms with E-state index < -0.39 is 9.84 Å². The van der Waals surface area contributed by atoms with Crippen molar-refractivity contribution < 1.29 is 8.42 Å². The van der Waals surface area contributed by atoms with Crippen LogP contribution in [0.2, 0.25) is 0 Å². The van der Waals surface area contributed by atoms with Crippen molar-refractivity contribution in [2.75, 3.05) is 36.9 Å². The van der Waals surface area contributed by atoms with Gasteiger partial charge in [0.2, 0.25) is 0 Å². The Morgan fingerprint density at radius 1 is 1.29 bits per heavy atom. The molecular weight excluding hydrogens is 304 g/mol. The highest BCUT2D eigenvalue weighted by Gasteiger charge is 2.36. The quantitative estimate of drug-likeness (QED) is 0.806. The molecule has 1 unspecified atom stereocenters. The van der Waals surface area contributed by atoms with Crippen LogP contribution in [-0.2, 0) is 9.84 Å². The molecule has 0 amide bonds. The third-order valence-electron chi connectivity index (χ3n) is 5.28. The monoisotopic (exact) mass is 334 g/mol. The summed E-state index contributed by atoms with van der Waals surface area (Å²) in [7, 11) is -2.98. The average Bonchev–Trinajstić information content (AvgIpc) is 2.54. The van der Waals surface area contributed by atoms with Gasteiger partial charge < -0.3 is 5.73 Å². The summed E-state index contributed by atoms with van der Waals surface area (Å²) < 4.78 is 24.6. The van der Waals surface area contributed by atoms with Crippen LogP contribution in [0.4, 0.5) is 0 Å². The lowest BCUT2D eigenvalue weighted by Crippen LogP contribution is -2.49. The fraction of sp³-hybridized carbons (Fsp3) is 1.00. The summed E-state index contributed by atoms with van der Waals surface area (Å²) in [6.45, 7) is 4.30. The highest BCUT2D eigenvalue weighted by atomic mass is 32.2. The second-order valence-electron chi connectivity index (χ2n) is 6.53. The van der Waals surface area contributed by atoms with Gasteiger partial charge in [0.25, 0.3) is 0 Å². The van der Waals surface area contributed by atoms with Gasteiger partial charge in [-0.25, -0.2) is 8.42 Å². The van der Waals surface area contributed by atoms with Crippen LogP contribution in [0.5, 0.6) is 0 Å². The molecule has 2 N–H and O–H groups in total. The zero-order chi connectivity index (χ0) is 15.3. The fourth-order valence-electron chi connectivity index (χ4n) is 3.63. The number of nitrogens with two attached hydrogens (primary N) is 1. The molecule has 4 nitrogen and oxygen atoms in total. The van der Waals surface area contributed by atoms with Gasteiger partial charge in [-0.15, -0.1) is 0 Å². The van der Waals surface area contributed by atoms with Gasteiger partial charge >= 0.3 is 0 Å². The molecule has 1 atom stereocenters. The smallest absolute Gasteiger partial charge is 0.166 e. The topological polar surface area (TPSA) is 63.4 Å². The lowest BCUT2D eigenvalue weighted by Gasteiger charge is -2.40. The van der Waals surface area contributed by atoms with Crippen molar-refractivity contribution in [1.29, 1.82) is 0 Å². The number of rotatable bonds is 6. The molecule has 0 bridgehead atoms. The summed E-state index contributed by atoms with van der Waals surface area (Å²) in [5.41, 5.74) is 6.33. The number of hydrogen-bond donors (Lipinski definition) is 1. The first kappa shape index (κ1) is 17.6. The summed E-state index contributed by atoms with van der Waals surface area (Å²) in [6, 6.07) is 0. The van der Waals surface area contributed by atoms with Crippen molar-refractivity contribution in [3.05, 3.63) is 0 Å². The van der Waals surface area contributed by atoms with Crippen molar-refractivity contribution in [3.63, 3.8) is 0 Å². The van der Waals surface area contributed by atoms with Crippen molar-refractivity contribution in [1.82, 2.24) is 4.90 Å². The molecule has 124 valence electrons. The molecule has 1 heterocycles. The predicted molar refractivity (Wildman–Crippen MR) is 91.3 cm³/mol. The summed E-state index contributed by atoms with van der Waals surface area (Å²) in [4.78, 5) is 2.21. The molecule has 1 aliphatic heterocycles. The summed E-state index contributed by atoms with van der Waals surface area (Å²) in [5.74, 6) is 2.02. The molecule has 1 saturated carbocycles. The maximum Gasteiger partial charge on any atom is 0.166 e. The highest BCUT2D eigenvalue weighted by Crippen LogP contribution is 2.39. The zero-order valence-corrected chi connectivity index (χ0v) is 14.9. The molecule has 21 heavy (non-hydrogen) atoms. The number of thioether (sulfide) groups is 1. The van der Waals surface area contributed by atoms with Crippen LogP contribution >= 0.6 is 11.8 Å². The molecule has 0 aromatic rings. The van der Waals surface area contributed by atoms with Gasteiger partial charge in [0, 0.05) is 30.3 Å². The fourth-order valence-corrected chi connectivity index (χ4v) is 6.74. The Bertz CT molecular complexity index is 419. The van der Waals surface area contributed by atoms with Crippen LogP contribution in [0.3, 0.4) is 0 Å². The Morgan fingerprint density at radius 2 is 2.00 bits per heavy atom. The normalized spacial score (nSPS) is 27.6. The van der Waals surface area contributed by atoms with Crippen molar-refractivity contribution in [2.45, 2.75) is 50.8 Å². The molecule has 0 radical (unpaired) electrons. The largest absolute Gasteiger partial charge is 0.330 e. The average molecular weight is 335 g/mol. The van der Waals surface area contributed by atoms with Crippen LogP contribution < -0.4 is 5.73 Å². The summed E-state index contributed by atoms with van der Waals surface area (Å²) in [6.07, 6.45) is 7.39. The minimum atomic E-state index is -2.98. The van der Waals surface area contributed by atoms with Gasteiger partial charge in [-0.1, -0.05) is 26.2 Å². The summed E-state index contributed by atoms with van der Waals surface area (Å²) in [5, 5.41) is -0.278.